The fraction of sp³-hybridized carbons (Fsp3) is 0.429. The summed E-state index contributed by atoms with van der Waals surface area (Å²) in [5, 5.41) is 3.90. The molecular weight excluding hydrogens is 248 g/mol. The molecule has 0 fully saturated rings. The van der Waals surface area contributed by atoms with E-state index in [4.69, 9.17) is 0 Å². The van der Waals surface area contributed by atoms with Gasteiger partial charge in [0.05, 0.1) is 5.52 Å². The van der Waals surface area contributed by atoms with E-state index in [0.29, 0.717) is 17.9 Å². The summed E-state index contributed by atoms with van der Waals surface area (Å²) in [5.41, 5.74) is 0.570. The Kier molecular flexibility index (Phi) is 3.64. The van der Waals surface area contributed by atoms with Gasteiger partial charge in [0.1, 0.15) is 5.82 Å². The highest BCUT2D eigenvalue weighted by atomic mass is 19.3. The highest BCUT2D eigenvalue weighted by Crippen LogP contribution is 2.25. The third kappa shape index (κ3) is 3.36. The predicted octanol–water partition coefficient (Wildman–Crippen LogP) is 4.03. The van der Waals surface area contributed by atoms with Crippen molar-refractivity contribution in [2.24, 2.45) is 5.41 Å². The van der Waals surface area contributed by atoms with Crippen molar-refractivity contribution in [1.29, 1.82) is 0 Å². The van der Waals surface area contributed by atoms with Crippen molar-refractivity contribution in [2.45, 2.75) is 27.2 Å². The second-order valence-corrected chi connectivity index (χ2v) is 5.66. The first-order valence-corrected chi connectivity index (χ1v) is 6.15. The number of hydrogen-bond donors (Lipinski definition) is 1. The summed E-state index contributed by atoms with van der Waals surface area (Å²) in [6.07, 6.45) is -2.67. The fourth-order valence-corrected chi connectivity index (χ4v) is 1.68. The second-order valence-electron chi connectivity index (χ2n) is 5.66. The van der Waals surface area contributed by atoms with E-state index in [0.717, 1.165) is 5.39 Å². The van der Waals surface area contributed by atoms with Crippen LogP contribution in [-0.2, 0) is 0 Å². The van der Waals surface area contributed by atoms with E-state index in [9.17, 15) is 8.78 Å². The molecule has 1 heterocycles. The molecular formula is C14H17F2N3. The maximum atomic E-state index is 12.8. The lowest BCUT2D eigenvalue weighted by Crippen LogP contribution is -2.20. The van der Waals surface area contributed by atoms with Crippen molar-refractivity contribution in [2.75, 3.05) is 11.9 Å². The van der Waals surface area contributed by atoms with Gasteiger partial charge in [0.15, 0.2) is 5.82 Å². The molecule has 2 aromatic rings. The molecule has 0 radical (unpaired) electrons. The quantitative estimate of drug-likeness (QED) is 0.910. The summed E-state index contributed by atoms with van der Waals surface area (Å²) >= 11 is 0. The lowest BCUT2D eigenvalue weighted by atomic mass is 9.97. The monoisotopic (exact) mass is 265 g/mol. The molecule has 2 rings (SSSR count). The molecule has 0 aliphatic carbocycles. The van der Waals surface area contributed by atoms with E-state index < -0.39 is 12.2 Å². The topological polar surface area (TPSA) is 37.8 Å². The molecule has 3 nitrogen and oxygen atoms in total. The zero-order valence-corrected chi connectivity index (χ0v) is 11.2. The van der Waals surface area contributed by atoms with Gasteiger partial charge in [-0.1, -0.05) is 32.9 Å². The van der Waals surface area contributed by atoms with Gasteiger partial charge >= 0.3 is 0 Å². The molecule has 5 heteroatoms. The molecule has 102 valence electrons. The van der Waals surface area contributed by atoms with Gasteiger partial charge in [-0.3, -0.25) is 0 Å². The van der Waals surface area contributed by atoms with Gasteiger partial charge in [-0.15, -0.1) is 0 Å². The van der Waals surface area contributed by atoms with Crippen molar-refractivity contribution in [3.8, 4) is 0 Å². The van der Waals surface area contributed by atoms with Crippen LogP contribution in [0, 0.1) is 5.41 Å². The standard InChI is InChI=1S/C14H17F2N3/c1-14(2,3)8-17-12-9-6-4-5-7-10(9)18-13(19-12)11(15)16/h4-7,11H,8H2,1-3H3,(H,17,18,19). The summed E-state index contributed by atoms with van der Waals surface area (Å²) in [5.74, 6) is 0.0333. The summed E-state index contributed by atoms with van der Waals surface area (Å²) in [4.78, 5) is 7.81. The van der Waals surface area contributed by atoms with Crippen LogP contribution >= 0.6 is 0 Å². The molecule has 0 spiro atoms. The minimum atomic E-state index is -2.67. The van der Waals surface area contributed by atoms with Crippen molar-refractivity contribution in [1.82, 2.24) is 9.97 Å². The third-order valence-corrected chi connectivity index (χ3v) is 2.60. The number of para-hydroxylation sites is 1. The Labute approximate surface area is 111 Å². The largest absolute Gasteiger partial charge is 0.369 e. The number of hydrogen-bond acceptors (Lipinski definition) is 3. The molecule has 0 unspecified atom stereocenters. The van der Waals surface area contributed by atoms with Crippen LogP contribution in [-0.4, -0.2) is 16.5 Å². The first kappa shape index (κ1) is 13.6. The molecule has 0 aliphatic rings. The number of anilines is 1. The van der Waals surface area contributed by atoms with Crippen LogP contribution in [0.3, 0.4) is 0 Å². The van der Waals surface area contributed by atoms with Crippen LogP contribution in [0.4, 0.5) is 14.6 Å². The van der Waals surface area contributed by atoms with E-state index in [1.54, 1.807) is 12.1 Å². The van der Waals surface area contributed by atoms with Crippen molar-refractivity contribution < 1.29 is 8.78 Å². The van der Waals surface area contributed by atoms with Crippen molar-refractivity contribution in [3.63, 3.8) is 0 Å². The third-order valence-electron chi connectivity index (χ3n) is 2.60. The molecule has 0 saturated heterocycles. The number of alkyl halides is 2. The van der Waals surface area contributed by atoms with E-state index in [1.807, 2.05) is 12.1 Å². The van der Waals surface area contributed by atoms with Gasteiger partial charge in [0.2, 0.25) is 0 Å². The Bertz CT molecular complexity index is 576. The van der Waals surface area contributed by atoms with Gasteiger partial charge in [0, 0.05) is 11.9 Å². The van der Waals surface area contributed by atoms with Gasteiger partial charge in [0.25, 0.3) is 6.43 Å². The van der Waals surface area contributed by atoms with E-state index >= 15 is 0 Å². The number of fused-ring (bicyclic) bond motifs is 1. The van der Waals surface area contributed by atoms with E-state index in [2.05, 4.69) is 36.1 Å². The smallest absolute Gasteiger partial charge is 0.297 e. The van der Waals surface area contributed by atoms with Crippen LogP contribution in [0.1, 0.15) is 33.0 Å². The predicted molar refractivity (Wildman–Crippen MR) is 72.4 cm³/mol. The molecule has 0 bridgehead atoms. The molecule has 19 heavy (non-hydrogen) atoms. The Morgan fingerprint density at radius 2 is 1.84 bits per heavy atom. The molecule has 0 atom stereocenters. The molecule has 1 aromatic heterocycles. The van der Waals surface area contributed by atoms with Crippen molar-refractivity contribution in [3.05, 3.63) is 30.1 Å². The molecule has 1 N–H and O–H groups in total. The first-order valence-electron chi connectivity index (χ1n) is 6.15. The Morgan fingerprint density at radius 3 is 2.47 bits per heavy atom. The van der Waals surface area contributed by atoms with Gasteiger partial charge in [-0.2, -0.15) is 0 Å². The van der Waals surface area contributed by atoms with Gasteiger partial charge in [-0.05, 0) is 17.5 Å². The van der Waals surface area contributed by atoms with E-state index in [-0.39, 0.29) is 5.41 Å². The minimum absolute atomic E-state index is 0.0387. The van der Waals surface area contributed by atoms with Crippen molar-refractivity contribution >= 4 is 16.7 Å². The summed E-state index contributed by atoms with van der Waals surface area (Å²) < 4.78 is 25.6. The average molecular weight is 265 g/mol. The van der Waals surface area contributed by atoms with Gasteiger partial charge in [-0.25, -0.2) is 18.7 Å². The highest BCUT2D eigenvalue weighted by molar-refractivity contribution is 5.89. The molecule has 0 aliphatic heterocycles. The normalized spacial score (nSPS) is 12.1. The number of aromatic nitrogens is 2. The maximum Gasteiger partial charge on any atom is 0.297 e. The number of halogens is 2. The Balaban J connectivity index is 2.44. The van der Waals surface area contributed by atoms with Crippen LogP contribution in [0.5, 0.6) is 0 Å². The van der Waals surface area contributed by atoms with Crippen LogP contribution in [0.15, 0.2) is 24.3 Å². The molecule has 1 aromatic carbocycles. The number of nitrogens with one attached hydrogen (secondary N) is 1. The lowest BCUT2D eigenvalue weighted by Gasteiger charge is -2.20. The maximum absolute atomic E-state index is 12.8. The fourth-order valence-electron chi connectivity index (χ4n) is 1.68. The zero-order chi connectivity index (χ0) is 14.0. The molecule has 0 saturated carbocycles. The summed E-state index contributed by atoms with van der Waals surface area (Å²) in [6, 6.07) is 7.16. The van der Waals surface area contributed by atoms with E-state index in [1.165, 1.54) is 0 Å². The number of benzene rings is 1. The highest BCUT2D eigenvalue weighted by Gasteiger charge is 2.16. The average Bonchev–Trinajstić information content (AvgIpc) is 2.34. The van der Waals surface area contributed by atoms with Crippen LogP contribution in [0.25, 0.3) is 10.9 Å². The van der Waals surface area contributed by atoms with Gasteiger partial charge < -0.3 is 5.32 Å². The van der Waals surface area contributed by atoms with Crippen LogP contribution in [0.2, 0.25) is 0 Å². The lowest BCUT2D eigenvalue weighted by molar-refractivity contribution is 0.141. The minimum Gasteiger partial charge on any atom is -0.369 e. The Morgan fingerprint density at radius 1 is 1.16 bits per heavy atom. The number of rotatable bonds is 3. The SMILES string of the molecule is CC(C)(C)CNc1nc(C(F)F)nc2ccccc12. The summed E-state index contributed by atoms with van der Waals surface area (Å²) in [7, 11) is 0. The molecule has 0 amide bonds. The first-order chi connectivity index (χ1) is 8.87. The second kappa shape index (κ2) is 5.07. The Hall–Kier alpha value is -1.78. The zero-order valence-electron chi connectivity index (χ0n) is 11.2. The number of nitrogens with zero attached hydrogens (tertiary/aromatic N) is 2. The summed E-state index contributed by atoms with van der Waals surface area (Å²) in [6.45, 7) is 6.85. The van der Waals surface area contributed by atoms with Crippen LogP contribution < -0.4 is 5.32 Å².